The second-order valence-corrected chi connectivity index (χ2v) is 7.90. The van der Waals surface area contributed by atoms with Crippen LogP contribution in [0.1, 0.15) is 37.3 Å². The number of tetrazole rings is 1. The lowest BCUT2D eigenvalue weighted by Crippen LogP contribution is -2.28. The van der Waals surface area contributed by atoms with Gasteiger partial charge >= 0.3 is 0 Å². The molecule has 25 heavy (non-hydrogen) atoms. The zero-order valence-corrected chi connectivity index (χ0v) is 16.2. The van der Waals surface area contributed by atoms with Crippen LogP contribution in [0, 0.1) is 0 Å². The van der Waals surface area contributed by atoms with Crippen molar-refractivity contribution in [1.82, 2.24) is 25.1 Å². The zero-order valence-electron chi connectivity index (χ0n) is 13.9. The first-order chi connectivity index (χ1) is 12.0. The summed E-state index contributed by atoms with van der Waals surface area (Å²) in [7, 11) is 1.76. The summed E-state index contributed by atoms with van der Waals surface area (Å²) >= 11 is 13.5. The molecule has 134 valence electrons. The van der Waals surface area contributed by atoms with E-state index in [9.17, 15) is 4.79 Å². The van der Waals surface area contributed by atoms with Crippen LogP contribution in [-0.2, 0) is 11.3 Å². The first-order valence-electron chi connectivity index (χ1n) is 8.13. The number of nitrogens with zero attached hydrogens (tertiary/aromatic N) is 5. The number of amides is 1. The summed E-state index contributed by atoms with van der Waals surface area (Å²) < 4.78 is 1.86. The number of benzene rings is 1. The highest BCUT2D eigenvalue weighted by atomic mass is 35.5. The fourth-order valence-corrected chi connectivity index (χ4v) is 4.24. The van der Waals surface area contributed by atoms with Gasteiger partial charge in [0.2, 0.25) is 11.1 Å². The van der Waals surface area contributed by atoms with Gasteiger partial charge in [-0.15, -0.1) is 5.10 Å². The third-order valence-corrected chi connectivity index (χ3v) is 5.81. The third kappa shape index (κ3) is 4.65. The second kappa shape index (κ2) is 8.38. The Balaban J connectivity index is 1.56. The van der Waals surface area contributed by atoms with E-state index in [-0.39, 0.29) is 11.7 Å². The molecule has 0 saturated heterocycles. The lowest BCUT2D eigenvalue weighted by molar-refractivity contribution is -0.127. The first-order valence-corrected chi connectivity index (χ1v) is 9.87. The molecule has 9 heteroatoms. The van der Waals surface area contributed by atoms with Gasteiger partial charge in [0.05, 0.1) is 11.8 Å². The summed E-state index contributed by atoms with van der Waals surface area (Å²) in [6, 6.07) is 5.65. The fourth-order valence-electron chi connectivity index (χ4n) is 2.89. The maximum Gasteiger partial charge on any atom is 0.233 e. The molecule has 1 fully saturated rings. The predicted molar refractivity (Wildman–Crippen MR) is 99.0 cm³/mol. The highest BCUT2D eigenvalue weighted by molar-refractivity contribution is 7.99. The van der Waals surface area contributed by atoms with Gasteiger partial charge in [0.15, 0.2) is 0 Å². The quantitative estimate of drug-likeness (QED) is 0.690. The first kappa shape index (κ1) is 18.5. The molecule has 0 radical (unpaired) electrons. The molecule has 0 atom stereocenters. The summed E-state index contributed by atoms with van der Waals surface area (Å²) in [5.74, 6) is 0.284. The monoisotopic (exact) mass is 399 g/mol. The number of rotatable bonds is 6. The topological polar surface area (TPSA) is 63.9 Å². The summed E-state index contributed by atoms with van der Waals surface area (Å²) in [5.41, 5.74) is 0.864. The van der Waals surface area contributed by atoms with Crippen molar-refractivity contribution in [2.45, 2.75) is 43.4 Å². The lowest BCUT2D eigenvalue weighted by Gasteiger charge is -2.18. The van der Waals surface area contributed by atoms with E-state index in [4.69, 9.17) is 23.2 Å². The molecule has 3 rings (SSSR count). The SMILES string of the molecule is CN(Cc1ccc(Cl)cc1Cl)C(=O)CSc1nnnn1C1CCCC1. The highest BCUT2D eigenvalue weighted by Gasteiger charge is 2.22. The molecule has 1 aromatic heterocycles. The molecule has 0 spiro atoms. The van der Waals surface area contributed by atoms with Crippen LogP contribution >= 0.6 is 35.0 Å². The van der Waals surface area contributed by atoms with Crippen LogP contribution in [0.2, 0.25) is 10.0 Å². The summed E-state index contributed by atoms with van der Waals surface area (Å²) in [4.78, 5) is 14.1. The Labute approximate surface area is 160 Å². The third-order valence-electron chi connectivity index (χ3n) is 4.31. The zero-order chi connectivity index (χ0) is 17.8. The minimum atomic E-state index is -0.00279. The number of carbonyl (C=O) groups is 1. The van der Waals surface area contributed by atoms with E-state index in [2.05, 4.69) is 15.5 Å². The van der Waals surface area contributed by atoms with Gasteiger partial charge in [0, 0.05) is 23.6 Å². The van der Waals surface area contributed by atoms with Crippen LogP contribution in [-0.4, -0.2) is 43.8 Å². The smallest absolute Gasteiger partial charge is 0.233 e. The predicted octanol–water partition coefficient (Wildman–Crippen LogP) is 3.85. The Hall–Kier alpha value is -1.31. The second-order valence-electron chi connectivity index (χ2n) is 6.12. The molecule has 1 aromatic carbocycles. The van der Waals surface area contributed by atoms with Crippen molar-refractivity contribution >= 4 is 40.9 Å². The van der Waals surface area contributed by atoms with Crippen LogP contribution in [0.3, 0.4) is 0 Å². The number of carbonyl (C=O) groups excluding carboxylic acids is 1. The molecule has 0 N–H and O–H groups in total. The highest BCUT2D eigenvalue weighted by Crippen LogP contribution is 2.31. The summed E-state index contributed by atoms with van der Waals surface area (Å²) in [6.45, 7) is 0.433. The van der Waals surface area contributed by atoms with Crippen molar-refractivity contribution in [3.05, 3.63) is 33.8 Å². The Kier molecular flexibility index (Phi) is 6.19. The molecule has 1 amide bonds. The van der Waals surface area contributed by atoms with Crippen molar-refractivity contribution in [2.24, 2.45) is 0 Å². The molecule has 1 aliphatic rings. The maximum absolute atomic E-state index is 12.4. The minimum Gasteiger partial charge on any atom is -0.341 e. The fraction of sp³-hybridized carbons (Fsp3) is 0.500. The summed E-state index contributed by atoms with van der Waals surface area (Å²) in [6.07, 6.45) is 4.61. The van der Waals surface area contributed by atoms with Crippen LogP contribution in [0.5, 0.6) is 0 Å². The Bertz CT molecular complexity index is 748. The van der Waals surface area contributed by atoms with Gasteiger partial charge in [-0.05, 0) is 41.0 Å². The molecular formula is C16H19Cl2N5OS. The normalized spacial score (nSPS) is 14.8. The van der Waals surface area contributed by atoms with E-state index in [1.165, 1.54) is 24.6 Å². The van der Waals surface area contributed by atoms with Crippen LogP contribution < -0.4 is 0 Å². The Morgan fingerprint density at radius 1 is 1.36 bits per heavy atom. The van der Waals surface area contributed by atoms with E-state index in [0.29, 0.717) is 27.8 Å². The van der Waals surface area contributed by atoms with Gasteiger partial charge in [0.1, 0.15) is 0 Å². The van der Waals surface area contributed by atoms with E-state index < -0.39 is 0 Å². The van der Waals surface area contributed by atoms with Gasteiger partial charge in [-0.3, -0.25) is 4.79 Å². The van der Waals surface area contributed by atoms with E-state index in [1.54, 1.807) is 24.1 Å². The molecule has 0 bridgehead atoms. The average Bonchev–Trinajstić information content (AvgIpc) is 3.25. The molecule has 0 unspecified atom stereocenters. The van der Waals surface area contributed by atoms with E-state index >= 15 is 0 Å². The van der Waals surface area contributed by atoms with Crippen LogP contribution in [0.15, 0.2) is 23.4 Å². The molecule has 1 aliphatic carbocycles. The minimum absolute atomic E-state index is 0.00279. The van der Waals surface area contributed by atoms with Crippen LogP contribution in [0.4, 0.5) is 0 Å². The van der Waals surface area contributed by atoms with Gasteiger partial charge in [0.25, 0.3) is 0 Å². The van der Waals surface area contributed by atoms with Gasteiger partial charge in [-0.1, -0.05) is 53.9 Å². The van der Waals surface area contributed by atoms with Crippen molar-refractivity contribution in [1.29, 1.82) is 0 Å². The van der Waals surface area contributed by atoms with Gasteiger partial charge in [-0.25, -0.2) is 4.68 Å². The van der Waals surface area contributed by atoms with Crippen LogP contribution in [0.25, 0.3) is 0 Å². The molecule has 2 aromatic rings. The Morgan fingerprint density at radius 2 is 2.12 bits per heavy atom. The lowest BCUT2D eigenvalue weighted by atomic mass is 10.2. The van der Waals surface area contributed by atoms with Crippen molar-refractivity contribution < 1.29 is 4.79 Å². The summed E-state index contributed by atoms with van der Waals surface area (Å²) in [5, 5.41) is 13.8. The molecule has 0 aliphatic heterocycles. The maximum atomic E-state index is 12.4. The van der Waals surface area contributed by atoms with E-state index in [0.717, 1.165) is 18.4 Å². The van der Waals surface area contributed by atoms with Crippen molar-refractivity contribution in [3.8, 4) is 0 Å². The van der Waals surface area contributed by atoms with Crippen molar-refractivity contribution in [2.75, 3.05) is 12.8 Å². The standard InChI is InChI=1S/C16H19Cl2N5OS/c1-22(9-11-6-7-12(17)8-14(11)18)15(24)10-25-16-19-20-21-23(16)13-4-2-3-5-13/h6-8,13H,2-5,9-10H2,1H3. The average molecular weight is 400 g/mol. The number of hydrogen-bond acceptors (Lipinski definition) is 5. The number of thioether (sulfide) groups is 1. The van der Waals surface area contributed by atoms with E-state index in [1.807, 2.05) is 10.7 Å². The largest absolute Gasteiger partial charge is 0.341 e. The number of hydrogen-bond donors (Lipinski definition) is 0. The molecule has 1 saturated carbocycles. The van der Waals surface area contributed by atoms with Gasteiger partial charge in [-0.2, -0.15) is 0 Å². The van der Waals surface area contributed by atoms with Gasteiger partial charge < -0.3 is 4.90 Å². The number of halogens is 2. The molecule has 6 nitrogen and oxygen atoms in total. The molecular weight excluding hydrogens is 381 g/mol. The van der Waals surface area contributed by atoms with Crippen molar-refractivity contribution in [3.63, 3.8) is 0 Å². The molecule has 1 heterocycles. The number of aromatic nitrogens is 4. The Morgan fingerprint density at radius 3 is 2.84 bits per heavy atom.